The second-order valence-corrected chi connectivity index (χ2v) is 9.16. The number of carbonyl (C=O) groups is 1. The van der Waals surface area contributed by atoms with Crippen molar-refractivity contribution in [2.45, 2.75) is 142 Å². The van der Waals surface area contributed by atoms with Gasteiger partial charge in [0.1, 0.15) is 0 Å². The van der Waals surface area contributed by atoms with Crippen molar-refractivity contribution >= 4 is 5.91 Å². The Kier molecular flexibility index (Phi) is 21.7. The number of unbranched alkanes of at least 4 members (excludes halogenated alkanes) is 17. The monoisotopic (exact) mass is 411 g/mol. The summed E-state index contributed by atoms with van der Waals surface area (Å²) in [5, 5.41) is 9.39. The molecule has 0 bridgehead atoms. The zero-order valence-electron chi connectivity index (χ0n) is 19.9. The highest BCUT2D eigenvalue weighted by molar-refractivity contribution is 5.76. The van der Waals surface area contributed by atoms with Crippen LogP contribution in [0.3, 0.4) is 0 Å². The fourth-order valence-corrected chi connectivity index (χ4v) is 4.42. The molecule has 0 aromatic heterocycles. The molecule has 0 radical (unpaired) electrons. The third-order valence-corrected chi connectivity index (χ3v) is 6.56. The summed E-state index contributed by atoms with van der Waals surface area (Å²) in [6, 6.07) is 0. The Morgan fingerprint density at radius 1 is 0.655 bits per heavy atom. The Morgan fingerprint density at radius 3 is 1.28 bits per heavy atom. The van der Waals surface area contributed by atoms with Crippen LogP contribution in [0.5, 0.6) is 0 Å². The predicted octanol–water partition coefficient (Wildman–Crippen LogP) is 7.54. The maximum absolute atomic E-state index is 11.6. The van der Waals surface area contributed by atoms with Crippen LogP contribution in [0, 0.1) is 11.8 Å². The van der Waals surface area contributed by atoms with Crippen molar-refractivity contribution in [3.05, 3.63) is 0 Å². The molecular formula is C26H53NO2. The molecule has 2 unspecified atom stereocenters. The molecule has 174 valence electrons. The molecule has 0 saturated heterocycles. The third kappa shape index (κ3) is 18.0. The Bertz CT molecular complexity index is 342. The van der Waals surface area contributed by atoms with Gasteiger partial charge in [0.05, 0.1) is 0 Å². The fourth-order valence-electron chi connectivity index (χ4n) is 4.42. The van der Waals surface area contributed by atoms with Crippen molar-refractivity contribution in [2.24, 2.45) is 17.6 Å². The Hall–Kier alpha value is -0.570. The number of amides is 1. The molecule has 0 aliphatic heterocycles. The van der Waals surface area contributed by atoms with Crippen molar-refractivity contribution in [2.75, 3.05) is 6.61 Å². The van der Waals surface area contributed by atoms with E-state index in [1.54, 1.807) is 0 Å². The third-order valence-electron chi connectivity index (χ3n) is 6.56. The molecule has 0 heterocycles. The van der Waals surface area contributed by atoms with Crippen LogP contribution in [0.4, 0.5) is 0 Å². The normalized spacial score (nSPS) is 13.5. The lowest BCUT2D eigenvalue weighted by Gasteiger charge is -2.21. The molecule has 29 heavy (non-hydrogen) atoms. The standard InChI is InChI=1S/C26H53NO2/c1-3-5-6-7-8-9-10-11-12-13-14-15-16-17-18-19-20-21-22-25(26(27)29)24(4-2)23-28/h24-25,28H,3-23H2,1-2H3,(H2,27,29). The number of hydrogen-bond donors (Lipinski definition) is 2. The van der Waals surface area contributed by atoms with Crippen LogP contribution in [0.2, 0.25) is 0 Å². The van der Waals surface area contributed by atoms with E-state index in [4.69, 9.17) is 5.73 Å². The molecule has 3 nitrogen and oxygen atoms in total. The Morgan fingerprint density at radius 2 is 1.00 bits per heavy atom. The maximum Gasteiger partial charge on any atom is 0.220 e. The summed E-state index contributed by atoms with van der Waals surface area (Å²) in [6.07, 6.45) is 26.3. The van der Waals surface area contributed by atoms with Crippen molar-refractivity contribution in [1.29, 1.82) is 0 Å². The van der Waals surface area contributed by atoms with E-state index in [-0.39, 0.29) is 24.3 Å². The first-order valence-electron chi connectivity index (χ1n) is 13.1. The Labute approximate surface area is 182 Å². The van der Waals surface area contributed by atoms with Gasteiger partial charge in [-0.15, -0.1) is 0 Å². The smallest absolute Gasteiger partial charge is 0.220 e. The van der Waals surface area contributed by atoms with Gasteiger partial charge in [0, 0.05) is 12.5 Å². The molecule has 0 aromatic carbocycles. The predicted molar refractivity (Wildman–Crippen MR) is 127 cm³/mol. The average molecular weight is 412 g/mol. The molecule has 0 aliphatic rings. The van der Waals surface area contributed by atoms with Gasteiger partial charge in [0.2, 0.25) is 5.91 Å². The first kappa shape index (κ1) is 28.4. The van der Waals surface area contributed by atoms with Gasteiger partial charge >= 0.3 is 0 Å². The van der Waals surface area contributed by atoms with E-state index in [2.05, 4.69) is 6.92 Å². The van der Waals surface area contributed by atoms with Gasteiger partial charge in [0.15, 0.2) is 0 Å². The highest BCUT2D eigenvalue weighted by Crippen LogP contribution is 2.22. The van der Waals surface area contributed by atoms with Crippen LogP contribution < -0.4 is 5.73 Å². The van der Waals surface area contributed by atoms with E-state index < -0.39 is 0 Å². The summed E-state index contributed by atoms with van der Waals surface area (Å²) in [7, 11) is 0. The summed E-state index contributed by atoms with van der Waals surface area (Å²) in [5.41, 5.74) is 5.52. The number of primary amides is 1. The number of carbonyl (C=O) groups excluding carboxylic acids is 1. The van der Waals surface area contributed by atoms with Crippen molar-refractivity contribution in [3.63, 3.8) is 0 Å². The molecule has 0 rings (SSSR count). The lowest BCUT2D eigenvalue weighted by molar-refractivity contribution is -0.124. The quantitative estimate of drug-likeness (QED) is 0.171. The average Bonchev–Trinajstić information content (AvgIpc) is 2.72. The number of aliphatic hydroxyl groups is 1. The highest BCUT2D eigenvalue weighted by atomic mass is 16.3. The van der Waals surface area contributed by atoms with E-state index in [1.165, 1.54) is 109 Å². The van der Waals surface area contributed by atoms with Gasteiger partial charge in [-0.3, -0.25) is 4.79 Å². The van der Waals surface area contributed by atoms with E-state index in [1.807, 2.05) is 6.92 Å². The van der Waals surface area contributed by atoms with E-state index in [0.717, 1.165) is 19.3 Å². The van der Waals surface area contributed by atoms with Gasteiger partial charge in [0.25, 0.3) is 0 Å². The number of hydrogen-bond acceptors (Lipinski definition) is 2. The second kappa shape index (κ2) is 22.1. The molecule has 3 N–H and O–H groups in total. The number of aliphatic hydroxyl groups excluding tert-OH is 1. The summed E-state index contributed by atoms with van der Waals surface area (Å²) in [4.78, 5) is 11.6. The highest BCUT2D eigenvalue weighted by Gasteiger charge is 2.23. The molecule has 3 heteroatoms. The number of nitrogens with two attached hydrogens (primary N) is 1. The van der Waals surface area contributed by atoms with Gasteiger partial charge < -0.3 is 10.8 Å². The molecular weight excluding hydrogens is 358 g/mol. The molecule has 0 fully saturated rings. The van der Waals surface area contributed by atoms with E-state index >= 15 is 0 Å². The second-order valence-electron chi connectivity index (χ2n) is 9.16. The lowest BCUT2D eigenvalue weighted by atomic mass is 9.85. The first-order valence-corrected chi connectivity index (χ1v) is 13.1. The van der Waals surface area contributed by atoms with Gasteiger partial charge in [-0.05, 0) is 12.3 Å². The summed E-state index contributed by atoms with van der Waals surface area (Å²) >= 11 is 0. The van der Waals surface area contributed by atoms with Crippen molar-refractivity contribution in [1.82, 2.24) is 0 Å². The Balaban J connectivity index is 3.32. The number of rotatable bonds is 23. The van der Waals surface area contributed by atoms with Crippen molar-refractivity contribution in [3.8, 4) is 0 Å². The van der Waals surface area contributed by atoms with Gasteiger partial charge in [-0.25, -0.2) is 0 Å². The SMILES string of the molecule is CCCCCCCCCCCCCCCCCCCCC(C(N)=O)C(CC)CO. The zero-order valence-corrected chi connectivity index (χ0v) is 19.9. The molecule has 2 atom stereocenters. The molecule has 1 amide bonds. The van der Waals surface area contributed by atoms with Crippen LogP contribution in [-0.4, -0.2) is 17.6 Å². The van der Waals surface area contributed by atoms with Crippen LogP contribution in [-0.2, 0) is 4.79 Å². The van der Waals surface area contributed by atoms with Gasteiger partial charge in [-0.2, -0.15) is 0 Å². The first-order chi connectivity index (χ1) is 14.2. The summed E-state index contributed by atoms with van der Waals surface area (Å²) < 4.78 is 0. The molecule has 0 aromatic rings. The van der Waals surface area contributed by atoms with Gasteiger partial charge in [-0.1, -0.05) is 136 Å². The lowest BCUT2D eigenvalue weighted by Crippen LogP contribution is -2.31. The van der Waals surface area contributed by atoms with Crippen LogP contribution in [0.25, 0.3) is 0 Å². The van der Waals surface area contributed by atoms with E-state index in [0.29, 0.717) is 0 Å². The maximum atomic E-state index is 11.6. The van der Waals surface area contributed by atoms with E-state index in [9.17, 15) is 9.90 Å². The topological polar surface area (TPSA) is 63.3 Å². The summed E-state index contributed by atoms with van der Waals surface area (Å²) in [5.74, 6) is -0.345. The van der Waals surface area contributed by atoms with Crippen LogP contribution in [0.1, 0.15) is 142 Å². The fraction of sp³-hybridized carbons (Fsp3) is 0.962. The summed E-state index contributed by atoms with van der Waals surface area (Å²) in [6.45, 7) is 4.38. The molecule has 0 spiro atoms. The van der Waals surface area contributed by atoms with Crippen LogP contribution in [0.15, 0.2) is 0 Å². The largest absolute Gasteiger partial charge is 0.396 e. The minimum Gasteiger partial charge on any atom is -0.396 e. The van der Waals surface area contributed by atoms with Crippen LogP contribution >= 0.6 is 0 Å². The molecule has 0 aliphatic carbocycles. The minimum absolute atomic E-state index is 0.0401. The molecule has 0 saturated carbocycles. The zero-order chi connectivity index (χ0) is 21.6. The minimum atomic E-state index is -0.238. The van der Waals surface area contributed by atoms with Crippen molar-refractivity contribution < 1.29 is 9.90 Å².